The summed E-state index contributed by atoms with van der Waals surface area (Å²) in [4.78, 5) is 13.0. The summed E-state index contributed by atoms with van der Waals surface area (Å²) in [5.41, 5.74) is 2.38. The molecule has 0 radical (unpaired) electrons. The van der Waals surface area contributed by atoms with E-state index in [0.29, 0.717) is 12.5 Å². The van der Waals surface area contributed by atoms with Gasteiger partial charge in [0.2, 0.25) is 5.91 Å². The van der Waals surface area contributed by atoms with E-state index in [2.05, 4.69) is 24.4 Å². The van der Waals surface area contributed by atoms with Crippen molar-refractivity contribution in [1.82, 2.24) is 5.32 Å². The maximum atomic E-state index is 13.0. The zero-order valence-corrected chi connectivity index (χ0v) is 14.9. The average Bonchev–Trinajstić information content (AvgIpc) is 2.53. The number of benzene rings is 1. The van der Waals surface area contributed by atoms with Crippen LogP contribution in [-0.4, -0.2) is 19.6 Å². The highest BCUT2D eigenvalue weighted by molar-refractivity contribution is 5.83. The molecule has 1 N–H and O–H groups in total. The van der Waals surface area contributed by atoms with Crippen LogP contribution in [0.25, 0.3) is 0 Å². The van der Waals surface area contributed by atoms with Gasteiger partial charge < -0.3 is 10.1 Å². The summed E-state index contributed by atoms with van der Waals surface area (Å²) in [5, 5.41) is 3.26. The molecule has 130 valence electrons. The third-order valence-corrected chi connectivity index (χ3v) is 6.64. The highest BCUT2D eigenvalue weighted by Gasteiger charge is 2.54. The van der Waals surface area contributed by atoms with Gasteiger partial charge in [-0.1, -0.05) is 17.7 Å². The fraction of sp³-hybridized carbons (Fsp3) is 0.667. The Hall–Kier alpha value is -1.51. The van der Waals surface area contributed by atoms with Crippen molar-refractivity contribution in [2.24, 2.45) is 23.2 Å². The van der Waals surface area contributed by atoms with Crippen LogP contribution in [0.1, 0.15) is 49.7 Å². The Morgan fingerprint density at radius 2 is 1.79 bits per heavy atom. The van der Waals surface area contributed by atoms with E-state index in [-0.39, 0.29) is 5.41 Å². The summed E-state index contributed by atoms with van der Waals surface area (Å²) in [6, 6.07) is 6.25. The SMILES string of the molecule is COc1ccc(C)cc1CCNC(=O)C12CC3CC(CC(C3)C1)C2. The smallest absolute Gasteiger partial charge is 0.226 e. The van der Waals surface area contributed by atoms with Gasteiger partial charge in [-0.15, -0.1) is 0 Å². The van der Waals surface area contributed by atoms with Crippen LogP contribution in [0.15, 0.2) is 18.2 Å². The van der Waals surface area contributed by atoms with Crippen LogP contribution < -0.4 is 10.1 Å². The number of methoxy groups -OCH3 is 1. The Morgan fingerprint density at radius 3 is 2.38 bits per heavy atom. The van der Waals surface area contributed by atoms with Crippen molar-refractivity contribution in [3.05, 3.63) is 29.3 Å². The van der Waals surface area contributed by atoms with Crippen molar-refractivity contribution in [3.63, 3.8) is 0 Å². The van der Waals surface area contributed by atoms with Crippen LogP contribution in [0.2, 0.25) is 0 Å². The highest BCUT2D eigenvalue weighted by atomic mass is 16.5. The molecule has 0 aromatic heterocycles. The summed E-state index contributed by atoms with van der Waals surface area (Å²) < 4.78 is 5.45. The molecule has 0 heterocycles. The van der Waals surface area contributed by atoms with Crippen molar-refractivity contribution < 1.29 is 9.53 Å². The molecule has 0 unspecified atom stereocenters. The maximum absolute atomic E-state index is 13.0. The van der Waals surface area contributed by atoms with E-state index in [0.717, 1.165) is 49.2 Å². The minimum absolute atomic E-state index is 0.0363. The lowest BCUT2D eigenvalue weighted by molar-refractivity contribution is -0.146. The summed E-state index contributed by atoms with van der Waals surface area (Å²) in [6.45, 7) is 2.80. The predicted octanol–water partition coefficient (Wildman–Crippen LogP) is 3.88. The van der Waals surface area contributed by atoms with Crippen molar-refractivity contribution in [1.29, 1.82) is 0 Å². The fourth-order valence-corrected chi connectivity index (χ4v) is 5.99. The first-order chi connectivity index (χ1) is 11.6. The van der Waals surface area contributed by atoms with Gasteiger partial charge in [-0.3, -0.25) is 4.79 Å². The summed E-state index contributed by atoms with van der Waals surface area (Å²) in [6.07, 6.45) is 8.39. The van der Waals surface area contributed by atoms with E-state index in [9.17, 15) is 4.79 Å². The number of aryl methyl sites for hydroxylation is 1. The lowest BCUT2D eigenvalue weighted by atomic mass is 9.49. The molecule has 1 aromatic rings. The summed E-state index contributed by atoms with van der Waals surface area (Å²) in [5.74, 6) is 3.70. The largest absolute Gasteiger partial charge is 0.496 e. The van der Waals surface area contributed by atoms with Crippen LogP contribution in [-0.2, 0) is 11.2 Å². The molecule has 4 bridgehead atoms. The van der Waals surface area contributed by atoms with Crippen molar-refractivity contribution in [2.75, 3.05) is 13.7 Å². The number of carbonyl (C=O) groups is 1. The third-order valence-electron chi connectivity index (χ3n) is 6.64. The molecule has 4 fully saturated rings. The normalized spacial score (nSPS) is 33.5. The van der Waals surface area contributed by atoms with Crippen molar-refractivity contribution >= 4 is 5.91 Å². The molecule has 4 aliphatic rings. The summed E-state index contributed by atoms with van der Waals surface area (Å²) in [7, 11) is 1.71. The Balaban J connectivity index is 1.38. The van der Waals surface area contributed by atoms with Gasteiger partial charge in [0.1, 0.15) is 5.75 Å². The van der Waals surface area contributed by atoms with Gasteiger partial charge in [0.25, 0.3) is 0 Å². The molecule has 5 rings (SSSR count). The second kappa shape index (κ2) is 6.09. The van der Waals surface area contributed by atoms with E-state index in [1.54, 1.807) is 7.11 Å². The topological polar surface area (TPSA) is 38.3 Å². The fourth-order valence-electron chi connectivity index (χ4n) is 5.99. The minimum Gasteiger partial charge on any atom is -0.496 e. The number of hydrogen-bond acceptors (Lipinski definition) is 2. The molecule has 3 heteroatoms. The second-order valence-electron chi connectivity index (χ2n) is 8.52. The van der Waals surface area contributed by atoms with Crippen LogP contribution >= 0.6 is 0 Å². The molecular formula is C21H29NO2. The standard InChI is InChI=1S/C21H29NO2/c1-14-3-4-19(24-2)18(7-14)5-6-22-20(23)21-11-15-8-16(12-21)10-17(9-15)13-21/h3-4,7,15-17H,5-6,8-13H2,1-2H3,(H,22,23). The van der Waals surface area contributed by atoms with E-state index in [1.165, 1.54) is 30.4 Å². The van der Waals surface area contributed by atoms with Gasteiger partial charge in [-0.2, -0.15) is 0 Å². The Kier molecular flexibility index (Phi) is 4.06. The van der Waals surface area contributed by atoms with Gasteiger partial charge in [-0.25, -0.2) is 0 Å². The number of nitrogens with one attached hydrogen (secondary N) is 1. The van der Waals surface area contributed by atoms with Gasteiger partial charge >= 0.3 is 0 Å². The van der Waals surface area contributed by atoms with Crippen molar-refractivity contribution in [2.45, 2.75) is 51.9 Å². The number of carbonyl (C=O) groups excluding carboxylic acids is 1. The Labute approximate surface area is 145 Å². The molecule has 0 atom stereocenters. The highest BCUT2D eigenvalue weighted by Crippen LogP contribution is 2.60. The molecule has 0 aliphatic heterocycles. The molecule has 4 saturated carbocycles. The first-order valence-corrected chi connectivity index (χ1v) is 9.50. The lowest BCUT2D eigenvalue weighted by Gasteiger charge is -2.55. The van der Waals surface area contributed by atoms with E-state index in [4.69, 9.17) is 4.74 Å². The van der Waals surface area contributed by atoms with Gasteiger partial charge in [0.05, 0.1) is 7.11 Å². The zero-order valence-electron chi connectivity index (χ0n) is 14.9. The molecule has 4 aliphatic carbocycles. The first-order valence-electron chi connectivity index (χ1n) is 9.50. The number of rotatable bonds is 5. The molecule has 24 heavy (non-hydrogen) atoms. The first kappa shape index (κ1) is 16.0. The monoisotopic (exact) mass is 327 g/mol. The Morgan fingerprint density at radius 1 is 1.17 bits per heavy atom. The van der Waals surface area contributed by atoms with E-state index < -0.39 is 0 Å². The van der Waals surface area contributed by atoms with Crippen LogP contribution in [0.3, 0.4) is 0 Å². The Bertz CT molecular complexity index is 601. The van der Waals surface area contributed by atoms with Crippen LogP contribution in [0.4, 0.5) is 0 Å². The third kappa shape index (κ3) is 2.82. The minimum atomic E-state index is -0.0363. The molecule has 0 saturated heterocycles. The quantitative estimate of drug-likeness (QED) is 0.891. The number of amides is 1. The van der Waals surface area contributed by atoms with Gasteiger partial charge in [0.15, 0.2) is 0 Å². The molecule has 3 nitrogen and oxygen atoms in total. The van der Waals surface area contributed by atoms with E-state index >= 15 is 0 Å². The number of hydrogen-bond donors (Lipinski definition) is 1. The van der Waals surface area contributed by atoms with Crippen LogP contribution in [0, 0.1) is 30.1 Å². The van der Waals surface area contributed by atoms with Crippen LogP contribution in [0.5, 0.6) is 5.75 Å². The van der Waals surface area contributed by atoms with Gasteiger partial charge in [0, 0.05) is 12.0 Å². The van der Waals surface area contributed by atoms with E-state index in [1.807, 2.05) is 6.07 Å². The molecule has 0 spiro atoms. The maximum Gasteiger partial charge on any atom is 0.226 e. The molecule has 1 aromatic carbocycles. The van der Waals surface area contributed by atoms with Gasteiger partial charge in [-0.05, 0) is 81.3 Å². The average molecular weight is 327 g/mol. The lowest BCUT2D eigenvalue weighted by Crippen LogP contribution is -2.53. The second-order valence-corrected chi connectivity index (χ2v) is 8.52. The van der Waals surface area contributed by atoms with Crippen molar-refractivity contribution in [3.8, 4) is 5.75 Å². The summed E-state index contributed by atoms with van der Waals surface area (Å²) >= 11 is 0. The molecular weight excluding hydrogens is 298 g/mol. The molecule has 1 amide bonds. The zero-order chi connectivity index (χ0) is 16.7. The number of ether oxygens (including phenoxy) is 1. The predicted molar refractivity (Wildman–Crippen MR) is 95.0 cm³/mol.